The fourth-order valence-electron chi connectivity index (χ4n) is 3.56. The van der Waals surface area contributed by atoms with Gasteiger partial charge in [0.1, 0.15) is 11.6 Å². The highest BCUT2D eigenvalue weighted by Crippen LogP contribution is 2.28. The van der Waals surface area contributed by atoms with Gasteiger partial charge in [-0.1, -0.05) is 48.0 Å². The minimum Gasteiger partial charge on any atom is -0.494 e. The Hall–Kier alpha value is -4.26. The van der Waals surface area contributed by atoms with E-state index in [1.807, 2.05) is 86.6 Å². The second-order valence-electron chi connectivity index (χ2n) is 7.59. The van der Waals surface area contributed by atoms with Crippen molar-refractivity contribution in [2.45, 2.75) is 20.4 Å². The van der Waals surface area contributed by atoms with Crippen LogP contribution in [0.5, 0.6) is 5.75 Å². The molecule has 0 saturated heterocycles. The van der Waals surface area contributed by atoms with E-state index in [9.17, 15) is 0 Å². The maximum Gasteiger partial charge on any atom is 0.286 e. The van der Waals surface area contributed by atoms with Gasteiger partial charge in [-0.2, -0.15) is 0 Å². The van der Waals surface area contributed by atoms with E-state index >= 15 is 0 Å². The molecule has 0 amide bonds. The molecule has 1 N–H and O–H groups in total. The van der Waals surface area contributed by atoms with Crippen LogP contribution in [0.15, 0.2) is 77.2 Å². The van der Waals surface area contributed by atoms with Gasteiger partial charge in [-0.25, -0.2) is 9.97 Å². The number of benzene rings is 3. The molecule has 7 nitrogen and oxygen atoms in total. The van der Waals surface area contributed by atoms with Gasteiger partial charge in [0, 0.05) is 23.1 Å². The smallest absolute Gasteiger partial charge is 0.286 e. The predicted molar refractivity (Wildman–Crippen MR) is 128 cm³/mol. The Labute approximate surface area is 191 Å². The highest BCUT2D eigenvalue weighted by Gasteiger charge is 2.16. The third-order valence-electron chi connectivity index (χ3n) is 5.24. The van der Waals surface area contributed by atoms with E-state index < -0.39 is 0 Å². The van der Waals surface area contributed by atoms with Crippen LogP contribution in [0.3, 0.4) is 0 Å². The molecule has 5 aromatic rings. The highest BCUT2D eigenvalue weighted by atomic mass is 16.5. The number of aromatic nitrogens is 4. The van der Waals surface area contributed by atoms with Gasteiger partial charge in [0.15, 0.2) is 0 Å². The molecule has 33 heavy (non-hydrogen) atoms. The average Bonchev–Trinajstić information content (AvgIpc) is 3.34. The lowest BCUT2D eigenvalue weighted by Crippen LogP contribution is -2.06. The lowest BCUT2D eigenvalue weighted by Gasteiger charge is -2.13. The van der Waals surface area contributed by atoms with Gasteiger partial charge < -0.3 is 14.5 Å². The first-order valence-corrected chi connectivity index (χ1v) is 10.8. The summed E-state index contributed by atoms with van der Waals surface area (Å²) in [6.45, 7) is 5.17. The number of aryl methyl sites for hydroxylation is 1. The van der Waals surface area contributed by atoms with E-state index in [2.05, 4.69) is 20.5 Å². The third kappa shape index (κ3) is 4.39. The van der Waals surface area contributed by atoms with Crippen molar-refractivity contribution in [3.05, 3.63) is 83.9 Å². The van der Waals surface area contributed by atoms with Crippen molar-refractivity contribution in [2.75, 3.05) is 11.9 Å². The monoisotopic (exact) mass is 437 g/mol. The Morgan fingerprint density at radius 3 is 2.45 bits per heavy atom. The summed E-state index contributed by atoms with van der Waals surface area (Å²) in [5.41, 5.74) is 3.85. The molecule has 0 saturated carbocycles. The first kappa shape index (κ1) is 20.6. The Morgan fingerprint density at radius 2 is 1.61 bits per heavy atom. The molecule has 2 heterocycles. The third-order valence-corrected chi connectivity index (χ3v) is 5.24. The molecule has 0 aliphatic carbocycles. The highest BCUT2D eigenvalue weighted by molar-refractivity contribution is 5.90. The number of rotatable bonds is 7. The van der Waals surface area contributed by atoms with E-state index in [-0.39, 0.29) is 5.89 Å². The second kappa shape index (κ2) is 9.08. The summed E-state index contributed by atoms with van der Waals surface area (Å²) in [5, 5.41) is 12.7. The van der Waals surface area contributed by atoms with Crippen molar-refractivity contribution in [1.82, 2.24) is 20.2 Å². The number of hydrogen-bond acceptors (Lipinski definition) is 7. The molecule has 0 radical (unpaired) electrons. The SMILES string of the molecule is CCOc1ccccc1CNc1nc(-c2nnc(-c3ccc(C)cc3)o2)nc2ccccc12. The molecule has 7 heteroatoms. The van der Waals surface area contributed by atoms with Gasteiger partial charge in [-0.05, 0) is 44.2 Å². The molecule has 3 aromatic carbocycles. The molecular weight excluding hydrogens is 414 g/mol. The first-order valence-electron chi connectivity index (χ1n) is 10.8. The van der Waals surface area contributed by atoms with Gasteiger partial charge >= 0.3 is 0 Å². The van der Waals surface area contributed by atoms with Crippen molar-refractivity contribution >= 4 is 16.7 Å². The first-order chi connectivity index (χ1) is 16.2. The number of hydrogen-bond donors (Lipinski definition) is 1. The Balaban J connectivity index is 1.49. The topological polar surface area (TPSA) is 86.0 Å². The second-order valence-corrected chi connectivity index (χ2v) is 7.59. The number of nitrogens with zero attached hydrogens (tertiary/aromatic N) is 4. The molecule has 0 spiro atoms. The van der Waals surface area contributed by atoms with E-state index in [4.69, 9.17) is 14.1 Å². The van der Waals surface area contributed by atoms with Crippen LogP contribution in [0.4, 0.5) is 5.82 Å². The van der Waals surface area contributed by atoms with E-state index in [1.165, 1.54) is 0 Å². The molecule has 0 aliphatic heterocycles. The van der Waals surface area contributed by atoms with Crippen LogP contribution < -0.4 is 10.1 Å². The number of para-hydroxylation sites is 2. The summed E-state index contributed by atoms with van der Waals surface area (Å²) in [5.74, 6) is 2.62. The maximum atomic E-state index is 5.92. The van der Waals surface area contributed by atoms with Crippen molar-refractivity contribution in [3.8, 4) is 28.9 Å². The number of ether oxygens (including phenoxy) is 1. The Morgan fingerprint density at radius 1 is 0.848 bits per heavy atom. The normalized spacial score (nSPS) is 11.0. The summed E-state index contributed by atoms with van der Waals surface area (Å²) >= 11 is 0. The van der Waals surface area contributed by atoms with Gasteiger partial charge in [0.2, 0.25) is 11.7 Å². The quantitative estimate of drug-likeness (QED) is 0.351. The number of nitrogens with one attached hydrogen (secondary N) is 1. The zero-order valence-corrected chi connectivity index (χ0v) is 18.4. The molecule has 5 rings (SSSR count). The van der Waals surface area contributed by atoms with Crippen molar-refractivity contribution in [2.24, 2.45) is 0 Å². The number of fused-ring (bicyclic) bond motifs is 1. The zero-order valence-electron chi connectivity index (χ0n) is 18.4. The summed E-state index contributed by atoms with van der Waals surface area (Å²) < 4.78 is 11.7. The lowest BCUT2D eigenvalue weighted by molar-refractivity contribution is 0.337. The fourth-order valence-corrected chi connectivity index (χ4v) is 3.56. The molecule has 0 atom stereocenters. The molecular formula is C26H23N5O2. The van der Waals surface area contributed by atoms with Crippen molar-refractivity contribution in [1.29, 1.82) is 0 Å². The van der Waals surface area contributed by atoms with Gasteiger partial charge in [-0.15, -0.1) is 10.2 Å². The van der Waals surface area contributed by atoms with Crippen LogP contribution in [0.1, 0.15) is 18.1 Å². The van der Waals surface area contributed by atoms with Gasteiger partial charge in [0.05, 0.1) is 12.1 Å². The van der Waals surface area contributed by atoms with Crippen molar-refractivity contribution in [3.63, 3.8) is 0 Å². The largest absolute Gasteiger partial charge is 0.494 e. The Bertz CT molecular complexity index is 1400. The lowest BCUT2D eigenvalue weighted by atomic mass is 10.1. The predicted octanol–water partition coefficient (Wildman–Crippen LogP) is 5.67. The van der Waals surface area contributed by atoms with Crippen LogP contribution in [0.2, 0.25) is 0 Å². The summed E-state index contributed by atoms with van der Waals surface area (Å²) in [7, 11) is 0. The zero-order chi connectivity index (χ0) is 22.6. The number of anilines is 1. The summed E-state index contributed by atoms with van der Waals surface area (Å²) in [6.07, 6.45) is 0. The van der Waals surface area contributed by atoms with Crippen LogP contribution >= 0.6 is 0 Å². The Kier molecular flexibility index (Phi) is 5.68. The molecule has 164 valence electrons. The van der Waals surface area contributed by atoms with E-state index in [1.54, 1.807) is 0 Å². The molecule has 2 aromatic heterocycles. The molecule has 0 fully saturated rings. The van der Waals surface area contributed by atoms with Gasteiger partial charge in [-0.3, -0.25) is 0 Å². The van der Waals surface area contributed by atoms with Gasteiger partial charge in [0.25, 0.3) is 5.89 Å². The van der Waals surface area contributed by atoms with Crippen LogP contribution in [0, 0.1) is 6.92 Å². The summed E-state index contributed by atoms with van der Waals surface area (Å²) in [6, 6.07) is 23.7. The maximum absolute atomic E-state index is 5.92. The standard InChI is InChI=1S/C26H23N5O2/c1-3-32-22-11-7-4-8-19(22)16-27-23-20-9-5-6-10-21(20)28-24(29-23)26-31-30-25(33-26)18-14-12-17(2)13-15-18/h4-15H,3,16H2,1-2H3,(H,27,28,29). The van der Waals surface area contributed by atoms with Crippen LogP contribution in [0.25, 0.3) is 34.1 Å². The van der Waals surface area contributed by atoms with Crippen LogP contribution in [-0.2, 0) is 6.54 Å². The van der Waals surface area contributed by atoms with Crippen LogP contribution in [-0.4, -0.2) is 26.8 Å². The summed E-state index contributed by atoms with van der Waals surface area (Å²) in [4.78, 5) is 9.38. The molecule has 0 bridgehead atoms. The molecule has 0 aliphatic rings. The average molecular weight is 438 g/mol. The van der Waals surface area contributed by atoms with E-state index in [0.717, 1.165) is 33.3 Å². The fraction of sp³-hybridized carbons (Fsp3) is 0.154. The minimum atomic E-state index is 0.272. The van der Waals surface area contributed by atoms with E-state index in [0.29, 0.717) is 30.7 Å². The minimum absolute atomic E-state index is 0.272. The van der Waals surface area contributed by atoms with Crippen molar-refractivity contribution < 1.29 is 9.15 Å². The molecule has 0 unspecified atom stereocenters.